The fourth-order valence-corrected chi connectivity index (χ4v) is 2.69. The molecule has 0 aliphatic heterocycles. The summed E-state index contributed by atoms with van der Waals surface area (Å²) in [5.74, 6) is -1.95. The molecule has 10 heteroatoms. The van der Waals surface area contributed by atoms with Gasteiger partial charge in [-0.1, -0.05) is 17.7 Å². The van der Waals surface area contributed by atoms with E-state index in [2.05, 4.69) is 15.0 Å². The fraction of sp³-hybridized carbons (Fsp3) is 0.0769. The molecule has 3 rings (SSSR count). The van der Waals surface area contributed by atoms with Crippen LogP contribution in [0.3, 0.4) is 0 Å². The summed E-state index contributed by atoms with van der Waals surface area (Å²) in [6, 6.07) is 3.14. The molecule has 1 unspecified atom stereocenters. The summed E-state index contributed by atoms with van der Waals surface area (Å²) < 4.78 is 40.3. The zero-order valence-corrected chi connectivity index (χ0v) is 13.0. The van der Waals surface area contributed by atoms with Crippen LogP contribution in [0.25, 0.3) is 16.7 Å². The number of fused-ring (bicyclic) bond motifs is 1. The van der Waals surface area contributed by atoms with Gasteiger partial charge in [-0.15, -0.1) is 0 Å². The molecule has 0 amide bonds. The van der Waals surface area contributed by atoms with Crippen LogP contribution in [0.15, 0.2) is 34.3 Å². The smallest absolute Gasteiger partial charge is 0.251 e. The van der Waals surface area contributed by atoms with Crippen molar-refractivity contribution < 1.29 is 13.0 Å². The van der Waals surface area contributed by atoms with Gasteiger partial charge in [-0.05, 0) is 12.1 Å². The van der Waals surface area contributed by atoms with Gasteiger partial charge in [-0.25, -0.2) is 33.1 Å². The molecule has 2 aromatic heterocycles. The number of hydrogen-bond acceptors (Lipinski definition) is 5. The summed E-state index contributed by atoms with van der Waals surface area (Å²) >= 11 is 5.97. The third kappa shape index (κ3) is 2.62. The van der Waals surface area contributed by atoms with Crippen LogP contribution < -0.4 is 5.69 Å². The van der Waals surface area contributed by atoms with E-state index in [9.17, 15) is 17.8 Å². The van der Waals surface area contributed by atoms with Crippen molar-refractivity contribution in [1.29, 1.82) is 0 Å². The van der Waals surface area contributed by atoms with Crippen molar-refractivity contribution in [2.24, 2.45) is 0 Å². The summed E-state index contributed by atoms with van der Waals surface area (Å²) in [5, 5.41) is -0.195. The highest BCUT2D eigenvalue weighted by molar-refractivity contribution is 7.84. The molecule has 1 aromatic carbocycles. The molecule has 0 N–H and O–H groups in total. The van der Waals surface area contributed by atoms with E-state index < -0.39 is 33.8 Å². The lowest BCUT2D eigenvalue weighted by Gasteiger charge is -2.11. The van der Waals surface area contributed by atoms with Gasteiger partial charge in [-0.3, -0.25) is 4.21 Å². The minimum Gasteiger partial charge on any atom is -0.251 e. The van der Waals surface area contributed by atoms with E-state index in [1.807, 2.05) is 0 Å². The summed E-state index contributed by atoms with van der Waals surface area (Å²) in [7, 11) is -1.61. The van der Waals surface area contributed by atoms with Crippen LogP contribution in [0.2, 0.25) is 5.15 Å². The molecule has 23 heavy (non-hydrogen) atoms. The van der Waals surface area contributed by atoms with Gasteiger partial charge in [0, 0.05) is 12.5 Å². The second-order valence-electron chi connectivity index (χ2n) is 4.43. The van der Waals surface area contributed by atoms with Gasteiger partial charge in [0.15, 0.2) is 5.65 Å². The summed E-state index contributed by atoms with van der Waals surface area (Å²) in [5.41, 5.74) is -1.78. The molecule has 2 heterocycles. The molecule has 0 fully saturated rings. The first-order valence-corrected chi connectivity index (χ1v) is 8.07. The predicted octanol–water partition coefficient (Wildman–Crippen LogP) is 1.84. The third-order valence-electron chi connectivity index (χ3n) is 2.98. The van der Waals surface area contributed by atoms with Gasteiger partial charge in [-0.2, -0.15) is 0 Å². The molecule has 0 aliphatic rings. The van der Waals surface area contributed by atoms with Crippen molar-refractivity contribution in [3.05, 3.63) is 51.7 Å². The lowest BCUT2D eigenvalue weighted by atomic mass is 10.2. The van der Waals surface area contributed by atoms with Crippen LogP contribution in [-0.4, -0.2) is 30.0 Å². The van der Waals surface area contributed by atoms with Crippen LogP contribution >= 0.6 is 11.6 Å². The van der Waals surface area contributed by atoms with Gasteiger partial charge in [0.1, 0.15) is 22.5 Å². The lowest BCUT2D eigenvalue weighted by molar-refractivity contribution is 0.566. The van der Waals surface area contributed by atoms with E-state index >= 15 is 0 Å². The fourth-order valence-electron chi connectivity index (χ4n) is 1.99. The topological polar surface area (TPSA) is 77.7 Å². The van der Waals surface area contributed by atoms with E-state index in [4.69, 9.17) is 11.6 Å². The molecular weight excluding hydrogens is 350 g/mol. The standard InChI is InChI=1S/C13H7ClF2N4O2S/c1-23(22)12-18-10(14)6-5-17-13(21)20(11(6)19-12)9-7(15)3-2-4-8(9)16/h2-5H,1H3. The average Bonchev–Trinajstić information content (AvgIpc) is 2.48. The third-order valence-corrected chi connectivity index (χ3v) is 3.97. The van der Waals surface area contributed by atoms with Crippen molar-refractivity contribution in [2.75, 3.05) is 6.26 Å². The molecule has 0 radical (unpaired) electrons. The Balaban J connectivity index is 2.52. The van der Waals surface area contributed by atoms with Crippen LogP contribution in [-0.2, 0) is 10.8 Å². The van der Waals surface area contributed by atoms with Gasteiger partial charge < -0.3 is 0 Å². The van der Waals surface area contributed by atoms with Crippen molar-refractivity contribution >= 4 is 33.4 Å². The zero-order chi connectivity index (χ0) is 16.7. The highest BCUT2D eigenvalue weighted by Crippen LogP contribution is 2.23. The van der Waals surface area contributed by atoms with Crippen LogP contribution in [0.1, 0.15) is 0 Å². The molecule has 0 spiro atoms. The van der Waals surface area contributed by atoms with E-state index in [1.165, 1.54) is 6.26 Å². The first-order chi connectivity index (χ1) is 10.9. The Morgan fingerprint density at radius 2 is 1.87 bits per heavy atom. The number of nitrogens with zero attached hydrogens (tertiary/aromatic N) is 4. The Morgan fingerprint density at radius 3 is 2.48 bits per heavy atom. The minimum absolute atomic E-state index is 0.100. The molecule has 3 aromatic rings. The molecule has 0 saturated heterocycles. The average molecular weight is 357 g/mol. The van der Waals surface area contributed by atoms with Crippen LogP contribution in [0.4, 0.5) is 8.78 Å². The Hall–Kier alpha value is -2.26. The number of benzene rings is 1. The quantitative estimate of drug-likeness (QED) is 0.517. The summed E-state index contributed by atoms with van der Waals surface area (Å²) in [6.45, 7) is 0. The second kappa shape index (κ2) is 5.74. The van der Waals surface area contributed by atoms with Crippen LogP contribution in [0, 0.1) is 11.6 Å². The Morgan fingerprint density at radius 1 is 1.22 bits per heavy atom. The van der Waals surface area contributed by atoms with Gasteiger partial charge in [0.2, 0.25) is 5.16 Å². The maximum Gasteiger partial charge on any atom is 0.354 e. The SMILES string of the molecule is CS(=O)c1nc(Cl)c2cnc(=O)n(-c3c(F)cccc3F)c2n1. The largest absolute Gasteiger partial charge is 0.354 e. The van der Waals surface area contributed by atoms with Crippen molar-refractivity contribution in [2.45, 2.75) is 5.16 Å². The summed E-state index contributed by atoms with van der Waals surface area (Å²) in [4.78, 5) is 23.4. The maximum absolute atomic E-state index is 14.0. The van der Waals surface area contributed by atoms with E-state index in [0.717, 1.165) is 24.4 Å². The molecule has 0 aliphatic carbocycles. The summed E-state index contributed by atoms with van der Waals surface area (Å²) in [6.07, 6.45) is 2.41. The highest BCUT2D eigenvalue weighted by atomic mass is 35.5. The number of halogens is 3. The molecule has 118 valence electrons. The van der Waals surface area contributed by atoms with Gasteiger partial charge >= 0.3 is 5.69 Å². The molecule has 1 atom stereocenters. The number of hydrogen-bond donors (Lipinski definition) is 0. The number of aromatic nitrogens is 4. The van der Waals surface area contributed by atoms with E-state index in [1.54, 1.807) is 0 Å². The number of rotatable bonds is 2. The minimum atomic E-state index is -1.61. The Kier molecular flexibility index (Phi) is 3.90. The molecule has 0 bridgehead atoms. The van der Waals surface area contributed by atoms with Crippen molar-refractivity contribution in [3.63, 3.8) is 0 Å². The van der Waals surface area contributed by atoms with Crippen molar-refractivity contribution in [3.8, 4) is 5.69 Å². The highest BCUT2D eigenvalue weighted by Gasteiger charge is 2.19. The van der Waals surface area contributed by atoms with E-state index in [-0.39, 0.29) is 21.3 Å². The van der Waals surface area contributed by atoms with Gasteiger partial charge in [0.05, 0.1) is 16.2 Å². The Labute approximate surface area is 135 Å². The molecule has 6 nitrogen and oxygen atoms in total. The molecule has 0 saturated carbocycles. The van der Waals surface area contributed by atoms with Crippen LogP contribution in [0.5, 0.6) is 0 Å². The Bertz CT molecular complexity index is 1000. The second-order valence-corrected chi connectivity index (χ2v) is 6.07. The molecular formula is C13H7ClF2N4O2S. The van der Waals surface area contributed by atoms with E-state index in [0.29, 0.717) is 4.57 Å². The first kappa shape index (κ1) is 15.6. The zero-order valence-electron chi connectivity index (χ0n) is 11.5. The first-order valence-electron chi connectivity index (χ1n) is 6.13. The van der Waals surface area contributed by atoms with Gasteiger partial charge in [0.25, 0.3) is 0 Å². The lowest BCUT2D eigenvalue weighted by Crippen LogP contribution is -2.24. The number of para-hydroxylation sites is 1. The predicted molar refractivity (Wildman–Crippen MR) is 80.2 cm³/mol. The van der Waals surface area contributed by atoms with Crippen molar-refractivity contribution in [1.82, 2.24) is 19.5 Å². The monoisotopic (exact) mass is 356 g/mol. The normalized spacial score (nSPS) is 12.5. The maximum atomic E-state index is 14.0.